The lowest BCUT2D eigenvalue weighted by atomic mass is 9.99. The van der Waals surface area contributed by atoms with Crippen LogP contribution in [0.2, 0.25) is 0 Å². The normalized spacial score (nSPS) is 19.3. The molecule has 0 aliphatic carbocycles. The minimum Gasteiger partial charge on any atom is -0.486 e. The number of nitrogens with zero attached hydrogens (tertiary/aromatic N) is 1. The van der Waals surface area contributed by atoms with E-state index in [4.69, 9.17) is 14.2 Å². The lowest BCUT2D eigenvalue weighted by Gasteiger charge is -2.19. The molecule has 4 rings (SSSR count). The molecule has 0 radical (unpaired) electrons. The van der Waals surface area contributed by atoms with Gasteiger partial charge in [0.05, 0.1) is 5.56 Å². The fraction of sp³-hybridized carbons (Fsp3) is 0.381. The molecule has 0 amide bonds. The first-order valence-corrected chi connectivity index (χ1v) is 9.14. The van der Waals surface area contributed by atoms with Crippen LogP contribution in [0.25, 0.3) is 0 Å². The van der Waals surface area contributed by atoms with Crippen LogP contribution >= 0.6 is 0 Å². The van der Waals surface area contributed by atoms with E-state index in [-0.39, 0.29) is 5.97 Å². The molecule has 0 bridgehead atoms. The Bertz CT molecular complexity index is 762. The zero-order chi connectivity index (χ0) is 17.8. The van der Waals surface area contributed by atoms with Crippen LogP contribution in [0.3, 0.4) is 0 Å². The Kier molecular flexibility index (Phi) is 5.07. The third kappa shape index (κ3) is 3.83. The minimum absolute atomic E-state index is 0.319. The second-order valence-corrected chi connectivity index (χ2v) is 6.69. The largest absolute Gasteiger partial charge is 0.486 e. The quantitative estimate of drug-likeness (QED) is 0.773. The number of carbonyl (C=O) groups is 1. The molecule has 0 aromatic heterocycles. The smallest absolute Gasteiger partial charge is 0.338 e. The highest BCUT2D eigenvalue weighted by atomic mass is 16.6. The van der Waals surface area contributed by atoms with Crippen LogP contribution in [-0.4, -0.2) is 50.3 Å². The maximum absolute atomic E-state index is 12.3. The van der Waals surface area contributed by atoms with Gasteiger partial charge in [0, 0.05) is 13.1 Å². The summed E-state index contributed by atoms with van der Waals surface area (Å²) in [5.74, 6) is 1.54. The molecule has 2 aromatic carbocycles. The second kappa shape index (κ2) is 7.79. The van der Waals surface area contributed by atoms with Crippen LogP contribution < -0.4 is 9.47 Å². The van der Waals surface area contributed by atoms with Crippen molar-refractivity contribution in [1.82, 2.24) is 4.90 Å². The summed E-state index contributed by atoms with van der Waals surface area (Å²) in [5, 5.41) is 0. The standard InChI is InChI=1S/C21H23NO4/c23-21(17-6-7-19-20(14-17)25-13-12-24-19)26-11-10-22-9-8-18(15-22)16-4-2-1-3-5-16/h1-7,14,18H,8-13,15H2/t18-/m0/s1. The van der Waals surface area contributed by atoms with Crippen molar-refractivity contribution in [3.63, 3.8) is 0 Å². The lowest BCUT2D eigenvalue weighted by molar-refractivity contribution is 0.0471. The fourth-order valence-electron chi connectivity index (χ4n) is 3.55. The Morgan fingerprint density at radius 2 is 1.88 bits per heavy atom. The maximum atomic E-state index is 12.3. The minimum atomic E-state index is -0.319. The topological polar surface area (TPSA) is 48.0 Å². The predicted octanol–water partition coefficient (Wildman–Crippen LogP) is 3.10. The summed E-state index contributed by atoms with van der Waals surface area (Å²) in [5.41, 5.74) is 1.89. The molecule has 26 heavy (non-hydrogen) atoms. The summed E-state index contributed by atoms with van der Waals surface area (Å²) in [6, 6.07) is 15.8. The number of hydrogen-bond donors (Lipinski definition) is 0. The summed E-state index contributed by atoms with van der Waals surface area (Å²) in [7, 11) is 0. The van der Waals surface area contributed by atoms with E-state index in [9.17, 15) is 4.79 Å². The molecule has 1 atom stereocenters. The molecule has 0 unspecified atom stereocenters. The molecule has 0 saturated carbocycles. The molecule has 1 saturated heterocycles. The third-order valence-corrected chi connectivity index (χ3v) is 4.96. The van der Waals surface area contributed by atoms with Crippen LogP contribution in [0.1, 0.15) is 28.3 Å². The summed E-state index contributed by atoms with van der Waals surface area (Å²) in [4.78, 5) is 14.6. The highest BCUT2D eigenvalue weighted by Gasteiger charge is 2.23. The van der Waals surface area contributed by atoms with Gasteiger partial charge in [0.1, 0.15) is 19.8 Å². The molecular weight excluding hydrogens is 330 g/mol. The van der Waals surface area contributed by atoms with Gasteiger partial charge in [-0.3, -0.25) is 4.90 Å². The molecule has 0 N–H and O–H groups in total. The number of fused-ring (bicyclic) bond motifs is 1. The van der Waals surface area contributed by atoms with Crippen LogP contribution in [0.15, 0.2) is 48.5 Å². The molecule has 0 spiro atoms. The van der Waals surface area contributed by atoms with E-state index >= 15 is 0 Å². The van der Waals surface area contributed by atoms with Crippen molar-refractivity contribution in [2.45, 2.75) is 12.3 Å². The van der Waals surface area contributed by atoms with Crippen molar-refractivity contribution >= 4 is 5.97 Å². The third-order valence-electron chi connectivity index (χ3n) is 4.96. The molecule has 5 heteroatoms. The van der Waals surface area contributed by atoms with E-state index in [2.05, 4.69) is 29.2 Å². The monoisotopic (exact) mass is 353 g/mol. The van der Waals surface area contributed by atoms with Crippen LogP contribution in [0.5, 0.6) is 11.5 Å². The van der Waals surface area contributed by atoms with Crippen LogP contribution in [0.4, 0.5) is 0 Å². The molecule has 136 valence electrons. The van der Waals surface area contributed by atoms with Crippen molar-refractivity contribution < 1.29 is 19.0 Å². The van der Waals surface area contributed by atoms with Gasteiger partial charge < -0.3 is 14.2 Å². The fourth-order valence-corrected chi connectivity index (χ4v) is 3.55. The van der Waals surface area contributed by atoms with Crippen LogP contribution in [0, 0.1) is 0 Å². The first-order chi connectivity index (χ1) is 12.8. The molecular formula is C21H23NO4. The number of ether oxygens (including phenoxy) is 3. The van der Waals surface area contributed by atoms with Gasteiger partial charge in [-0.2, -0.15) is 0 Å². The zero-order valence-corrected chi connectivity index (χ0v) is 14.7. The van der Waals surface area contributed by atoms with E-state index in [0.717, 1.165) is 26.1 Å². The average Bonchev–Trinajstić information content (AvgIpc) is 3.17. The van der Waals surface area contributed by atoms with Crippen molar-refractivity contribution in [2.75, 3.05) is 39.5 Å². The lowest BCUT2D eigenvalue weighted by Crippen LogP contribution is -2.26. The van der Waals surface area contributed by atoms with E-state index in [1.54, 1.807) is 18.2 Å². The first kappa shape index (κ1) is 16.9. The summed E-state index contributed by atoms with van der Waals surface area (Å²) in [6.45, 7) is 4.26. The van der Waals surface area contributed by atoms with Crippen molar-refractivity contribution in [1.29, 1.82) is 0 Å². The van der Waals surface area contributed by atoms with Gasteiger partial charge in [-0.05, 0) is 42.6 Å². The van der Waals surface area contributed by atoms with Gasteiger partial charge in [0.25, 0.3) is 0 Å². The van der Waals surface area contributed by atoms with Crippen LogP contribution in [-0.2, 0) is 4.74 Å². The number of likely N-dealkylation sites (tertiary alicyclic amines) is 1. The highest BCUT2D eigenvalue weighted by molar-refractivity contribution is 5.90. The molecule has 2 aliphatic rings. The molecule has 5 nitrogen and oxygen atoms in total. The summed E-state index contributed by atoms with van der Waals surface area (Å²) in [6.07, 6.45) is 1.15. The number of benzene rings is 2. The SMILES string of the molecule is O=C(OCCN1CC[C@H](c2ccccc2)C1)c1ccc2c(c1)OCCO2. The summed E-state index contributed by atoms with van der Waals surface area (Å²) < 4.78 is 16.4. The maximum Gasteiger partial charge on any atom is 0.338 e. The number of esters is 1. The molecule has 2 heterocycles. The highest BCUT2D eigenvalue weighted by Crippen LogP contribution is 2.31. The van der Waals surface area contributed by atoms with E-state index in [1.807, 2.05) is 6.07 Å². The molecule has 2 aromatic rings. The Morgan fingerprint density at radius 1 is 1.08 bits per heavy atom. The number of hydrogen-bond acceptors (Lipinski definition) is 5. The van der Waals surface area contributed by atoms with Gasteiger partial charge in [0.2, 0.25) is 0 Å². The zero-order valence-electron chi connectivity index (χ0n) is 14.7. The van der Waals surface area contributed by atoms with Crippen molar-refractivity contribution in [3.8, 4) is 11.5 Å². The second-order valence-electron chi connectivity index (χ2n) is 6.69. The van der Waals surface area contributed by atoms with Gasteiger partial charge in [-0.1, -0.05) is 30.3 Å². The van der Waals surface area contributed by atoms with Gasteiger partial charge in [-0.25, -0.2) is 4.79 Å². The predicted molar refractivity (Wildman–Crippen MR) is 98.0 cm³/mol. The Labute approximate surface area is 153 Å². The Morgan fingerprint density at radius 3 is 2.73 bits per heavy atom. The average molecular weight is 353 g/mol. The van der Waals surface area contributed by atoms with Gasteiger partial charge in [-0.15, -0.1) is 0 Å². The van der Waals surface area contributed by atoms with Gasteiger partial charge in [0.15, 0.2) is 11.5 Å². The number of rotatable bonds is 5. The van der Waals surface area contributed by atoms with Crippen molar-refractivity contribution in [2.24, 2.45) is 0 Å². The summed E-state index contributed by atoms with van der Waals surface area (Å²) >= 11 is 0. The number of carbonyl (C=O) groups excluding carboxylic acids is 1. The molecule has 1 fully saturated rings. The first-order valence-electron chi connectivity index (χ1n) is 9.14. The van der Waals surface area contributed by atoms with E-state index < -0.39 is 0 Å². The Balaban J connectivity index is 1.25. The van der Waals surface area contributed by atoms with Crippen molar-refractivity contribution in [3.05, 3.63) is 59.7 Å². The Hall–Kier alpha value is -2.53. The van der Waals surface area contributed by atoms with Gasteiger partial charge >= 0.3 is 5.97 Å². The molecule has 2 aliphatic heterocycles. The van der Waals surface area contributed by atoms with E-state index in [1.165, 1.54) is 5.56 Å². The van der Waals surface area contributed by atoms with E-state index in [0.29, 0.717) is 42.8 Å².